The molecule has 1 aliphatic rings. The smallest absolute Gasteiger partial charge is 0.343 e. The maximum Gasteiger partial charge on any atom is 0.343 e. The van der Waals surface area contributed by atoms with Gasteiger partial charge in [-0.25, -0.2) is 10.2 Å². The summed E-state index contributed by atoms with van der Waals surface area (Å²) in [5.41, 5.74) is 3.30. The van der Waals surface area contributed by atoms with E-state index in [9.17, 15) is 9.59 Å². The number of fused-ring (bicyclic) bond motifs is 1. The monoisotopic (exact) mass is 556 g/mol. The van der Waals surface area contributed by atoms with Gasteiger partial charge in [-0.1, -0.05) is 0 Å². The summed E-state index contributed by atoms with van der Waals surface area (Å²) in [6.07, 6.45) is 1.42. The number of amides is 1. The summed E-state index contributed by atoms with van der Waals surface area (Å²) < 4.78 is 32.6. The van der Waals surface area contributed by atoms with Gasteiger partial charge in [0, 0.05) is 0 Å². The van der Waals surface area contributed by atoms with Crippen LogP contribution in [-0.4, -0.2) is 45.7 Å². The molecule has 1 N–H and O–H groups in total. The zero-order valence-electron chi connectivity index (χ0n) is 19.3. The summed E-state index contributed by atoms with van der Waals surface area (Å²) in [6, 6.07) is 14.8. The Hall–Kier alpha value is -4.25. The van der Waals surface area contributed by atoms with Crippen molar-refractivity contribution >= 4 is 34.0 Å². The summed E-state index contributed by atoms with van der Waals surface area (Å²) in [6.45, 7) is -0.126. The minimum Gasteiger partial charge on any atom is -0.497 e. The number of hydrogen-bond donors (Lipinski definition) is 1. The lowest BCUT2D eigenvalue weighted by atomic mass is 10.2. The molecule has 3 aromatic carbocycles. The minimum atomic E-state index is -0.580. The van der Waals surface area contributed by atoms with Crippen molar-refractivity contribution in [3.8, 4) is 34.5 Å². The Labute approximate surface area is 214 Å². The van der Waals surface area contributed by atoms with E-state index in [-0.39, 0.29) is 19.1 Å². The highest BCUT2D eigenvalue weighted by molar-refractivity contribution is 9.10. The van der Waals surface area contributed by atoms with Crippen LogP contribution in [0.25, 0.3) is 0 Å². The molecule has 0 radical (unpaired) electrons. The molecule has 11 heteroatoms. The number of esters is 1. The van der Waals surface area contributed by atoms with Crippen LogP contribution >= 0.6 is 15.9 Å². The zero-order valence-corrected chi connectivity index (χ0v) is 20.9. The van der Waals surface area contributed by atoms with Crippen LogP contribution in [-0.2, 0) is 4.79 Å². The molecule has 1 amide bonds. The molecule has 1 heterocycles. The quantitative estimate of drug-likeness (QED) is 0.182. The number of halogens is 1. The summed E-state index contributed by atoms with van der Waals surface area (Å²) in [5, 5.41) is 3.93. The predicted molar refractivity (Wildman–Crippen MR) is 132 cm³/mol. The molecule has 0 saturated heterocycles. The van der Waals surface area contributed by atoms with Gasteiger partial charge in [0.25, 0.3) is 5.91 Å². The van der Waals surface area contributed by atoms with Gasteiger partial charge in [0.15, 0.2) is 29.6 Å². The summed E-state index contributed by atoms with van der Waals surface area (Å²) >= 11 is 3.36. The first-order chi connectivity index (χ1) is 17.5. The van der Waals surface area contributed by atoms with Crippen molar-refractivity contribution < 1.29 is 38.0 Å². The van der Waals surface area contributed by atoms with Crippen LogP contribution in [0, 0.1) is 0 Å². The van der Waals surface area contributed by atoms with Crippen LogP contribution in [0.4, 0.5) is 0 Å². The number of nitrogens with one attached hydrogen (secondary N) is 1. The second kappa shape index (κ2) is 11.5. The van der Waals surface area contributed by atoms with E-state index in [0.717, 1.165) is 0 Å². The van der Waals surface area contributed by atoms with Gasteiger partial charge in [0.1, 0.15) is 11.5 Å². The first-order valence-electron chi connectivity index (χ1n) is 10.5. The van der Waals surface area contributed by atoms with E-state index in [4.69, 9.17) is 28.4 Å². The van der Waals surface area contributed by atoms with E-state index < -0.39 is 11.9 Å². The maximum absolute atomic E-state index is 12.6. The Morgan fingerprint density at radius 1 is 0.972 bits per heavy atom. The second-order valence-corrected chi connectivity index (χ2v) is 8.10. The lowest BCUT2D eigenvalue weighted by Crippen LogP contribution is -2.24. The van der Waals surface area contributed by atoms with E-state index in [1.54, 1.807) is 61.7 Å². The van der Waals surface area contributed by atoms with Gasteiger partial charge in [0.05, 0.1) is 30.5 Å². The molecular formula is C25H21BrN2O8. The molecule has 10 nitrogen and oxygen atoms in total. The fourth-order valence-corrected chi connectivity index (χ4v) is 3.58. The average molecular weight is 557 g/mol. The number of nitrogens with zero attached hydrogens (tertiary/aromatic N) is 1. The van der Waals surface area contributed by atoms with Crippen LogP contribution in [0.1, 0.15) is 15.9 Å². The molecule has 3 aromatic rings. The molecule has 0 atom stereocenters. The van der Waals surface area contributed by atoms with Crippen LogP contribution in [0.15, 0.2) is 64.2 Å². The number of hydrogen-bond acceptors (Lipinski definition) is 9. The number of carbonyl (C=O) groups is 2. The lowest BCUT2D eigenvalue weighted by Gasteiger charge is -2.10. The Morgan fingerprint density at radius 2 is 1.78 bits per heavy atom. The van der Waals surface area contributed by atoms with E-state index in [1.807, 2.05) is 0 Å². The topological polar surface area (TPSA) is 114 Å². The molecule has 0 aliphatic carbocycles. The molecule has 0 aromatic heterocycles. The van der Waals surface area contributed by atoms with Crippen molar-refractivity contribution in [1.82, 2.24) is 5.43 Å². The third-order valence-corrected chi connectivity index (χ3v) is 5.52. The van der Waals surface area contributed by atoms with Crippen molar-refractivity contribution in [2.75, 3.05) is 27.6 Å². The normalized spacial score (nSPS) is 11.8. The standard InChI is InChI=1S/C25H21BrN2O8/c1-31-17-5-8-19(18(26)11-17)33-13-24(29)28-27-12-15-3-6-21(22(9-15)32-2)36-25(30)16-4-7-20-23(10-16)35-14-34-20/h3-12H,13-14H2,1-2H3,(H,28,29). The number of methoxy groups -OCH3 is 2. The lowest BCUT2D eigenvalue weighted by molar-refractivity contribution is -0.123. The van der Waals surface area contributed by atoms with Gasteiger partial charge in [-0.15, -0.1) is 0 Å². The fraction of sp³-hybridized carbons (Fsp3) is 0.160. The molecular weight excluding hydrogens is 536 g/mol. The summed E-state index contributed by atoms with van der Waals surface area (Å²) in [4.78, 5) is 24.6. The van der Waals surface area contributed by atoms with E-state index in [1.165, 1.54) is 13.3 Å². The molecule has 36 heavy (non-hydrogen) atoms. The Bertz CT molecular complexity index is 1310. The number of benzene rings is 3. The predicted octanol–water partition coefficient (Wildman–Crippen LogP) is 3.94. The fourth-order valence-electron chi connectivity index (χ4n) is 3.11. The van der Waals surface area contributed by atoms with Crippen molar-refractivity contribution in [3.05, 3.63) is 70.2 Å². The van der Waals surface area contributed by atoms with Crippen LogP contribution < -0.4 is 33.8 Å². The SMILES string of the molecule is COc1ccc(OCC(=O)NN=Cc2ccc(OC(=O)c3ccc4c(c3)OCO4)c(OC)c2)c(Br)c1. The molecule has 186 valence electrons. The highest BCUT2D eigenvalue weighted by Gasteiger charge is 2.18. The second-order valence-electron chi connectivity index (χ2n) is 7.25. The van der Waals surface area contributed by atoms with Gasteiger partial charge in [-0.05, 0) is 76.1 Å². The Morgan fingerprint density at radius 3 is 2.56 bits per heavy atom. The van der Waals surface area contributed by atoms with Crippen LogP contribution in [0.5, 0.6) is 34.5 Å². The Kier molecular flexibility index (Phi) is 7.91. The van der Waals surface area contributed by atoms with Crippen molar-refractivity contribution in [2.45, 2.75) is 0 Å². The third kappa shape index (κ3) is 6.05. The molecule has 1 aliphatic heterocycles. The molecule has 0 unspecified atom stereocenters. The first-order valence-corrected chi connectivity index (χ1v) is 11.3. The van der Waals surface area contributed by atoms with Crippen molar-refractivity contribution in [2.24, 2.45) is 5.10 Å². The van der Waals surface area contributed by atoms with Crippen LogP contribution in [0.3, 0.4) is 0 Å². The molecule has 0 spiro atoms. The number of carbonyl (C=O) groups excluding carboxylic acids is 2. The van der Waals surface area contributed by atoms with Crippen molar-refractivity contribution in [3.63, 3.8) is 0 Å². The maximum atomic E-state index is 12.6. The summed E-state index contributed by atoms with van der Waals surface area (Å²) in [7, 11) is 3.01. The van der Waals surface area contributed by atoms with Gasteiger partial charge < -0.3 is 28.4 Å². The van der Waals surface area contributed by atoms with E-state index >= 15 is 0 Å². The van der Waals surface area contributed by atoms with Gasteiger partial charge in [-0.2, -0.15) is 5.10 Å². The molecule has 0 bridgehead atoms. The average Bonchev–Trinajstić information content (AvgIpc) is 3.36. The van der Waals surface area contributed by atoms with Crippen LogP contribution in [0.2, 0.25) is 0 Å². The number of rotatable bonds is 9. The Balaban J connectivity index is 1.32. The molecule has 4 rings (SSSR count). The van der Waals surface area contributed by atoms with E-state index in [2.05, 4.69) is 26.5 Å². The first kappa shape index (κ1) is 24.9. The highest BCUT2D eigenvalue weighted by atomic mass is 79.9. The number of hydrazone groups is 1. The van der Waals surface area contributed by atoms with Gasteiger partial charge in [-0.3, -0.25) is 4.79 Å². The zero-order chi connectivity index (χ0) is 25.5. The highest BCUT2D eigenvalue weighted by Crippen LogP contribution is 2.34. The third-order valence-electron chi connectivity index (χ3n) is 4.90. The van der Waals surface area contributed by atoms with Crippen molar-refractivity contribution in [1.29, 1.82) is 0 Å². The number of ether oxygens (including phenoxy) is 6. The summed E-state index contributed by atoms with van der Waals surface area (Å²) in [5.74, 6) is 1.70. The molecule has 0 fully saturated rings. The largest absolute Gasteiger partial charge is 0.497 e. The van der Waals surface area contributed by atoms with E-state index in [0.29, 0.717) is 44.3 Å². The van der Waals surface area contributed by atoms with Gasteiger partial charge >= 0.3 is 5.97 Å². The molecule has 0 saturated carbocycles. The minimum absolute atomic E-state index is 0.110. The van der Waals surface area contributed by atoms with Gasteiger partial charge in [0.2, 0.25) is 6.79 Å².